The Labute approximate surface area is 270 Å². The highest BCUT2D eigenvalue weighted by molar-refractivity contribution is 6.26. The van der Waals surface area contributed by atoms with Crippen molar-refractivity contribution < 1.29 is 0 Å². The van der Waals surface area contributed by atoms with Crippen molar-refractivity contribution >= 4 is 65.4 Å². The molecule has 47 heavy (non-hydrogen) atoms. The lowest BCUT2D eigenvalue weighted by Gasteiger charge is -2.11. The summed E-state index contributed by atoms with van der Waals surface area (Å²) >= 11 is 0. The van der Waals surface area contributed by atoms with Gasteiger partial charge in [-0.15, -0.1) is 0 Å². The summed E-state index contributed by atoms with van der Waals surface area (Å²) in [4.78, 5) is 0. The summed E-state index contributed by atoms with van der Waals surface area (Å²) in [6, 6.07) is 58.2. The molecule has 0 saturated carbocycles. The number of rotatable bonds is 3. The van der Waals surface area contributed by atoms with Crippen molar-refractivity contribution in [2.45, 2.75) is 0 Å². The number of nitriles is 1. The molecular formula is C43H26N4. The van der Waals surface area contributed by atoms with Crippen molar-refractivity contribution in [3.05, 3.63) is 163 Å². The number of hydrogen-bond acceptors (Lipinski definition) is 1. The van der Waals surface area contributed by atoms with Crippen molar-refractivity contribution in [1.82, 2.24) is 13.7 Å². The van der Waals surface area contributed by atoms with E-state index in [1.807, 2.05) is 18.2 Å². The predicted octanol–water partition coefficient (Wildman–Crippen LogP) is 10.8. The third-order valence-electron chi connectivity index (χ3n) is 9.64. The lowest BCUT2D eigenvalue weighted by molar-refractivity contribution is 1.16. The maximum atomic E-state index is 9.82. The van der Waals surface area contributed by atoms with Crippen LogP contribution in [0.2, 0.25) is 0 Å². The van der Waals surface area contributed by atoms with Crippen molar-refractivity contribution in [3.8, 4) is 23.1 Å². The van der Waals surface area contributed by atoms with E-state index in [2.05, 4.69) is 159 Å². The quantitative estimate of drug-likeness (QED) is 0.199. The van der Waals surface area contributed by atoms with Crippen LogP contribution in [0.5, 0.6) is 0 Å². The minimum atomic E-state index is 0.652. The minimum Gasteiger partial charge on any atom is -0.309 e. The smallest absolute Gasteiger partial charge is 0.0992 e. The molecule has 0 aliphatic carbocycles. The van der Waals surface area contributed by atoms with E-state index in [4.69, 9.17) is 0 Å². The van der Waals surface area contributed by atoms with E-state index in [9.17, 15) is 5.26 Å². The summed E-state index contributed by atoms with van der Waals surface area (Å²) in [5.74, 6) is 0. The molecule has 10 rings (SSSR count). The van der Waals surface area contributed by atoms with Gasteiger partial charge in [0.25, 0.3) is 0 Å². The van der Waals surface area contributed by atoms with E-state index >= 15 is 0 Å². The Kier molecular flexibility index (Phi) is 5.32. The zero-order valence-electron chi connectivity index (χ0n) is 25.3. The molecule has 3 heterocycles. The molecule has 0 aliphatic rings. The van der Waals surface area contributed by atoms with Gasteiger partial charge in [0.2, 0.25) is 0 Å². The fourth-order valence-corrected chi connectivity index (χ4v) is 7.70. The Balaban J connectivity index is 1.34. The largest absolute Gasteiger partial charge is 0.309 e. The van der Waals surface area contributed by atoms with Crippen molar-refractivity contribution in [2.75, 3.05) is 0 Å². The van der Waals surface area contributed by atoms with Gasteiger partial charge in [-0.25, -0.2) is 0 Å². The molecule has 0 aliphatic heterocycles. The minimum absolute atomic E-state index is 0.652. The van der Waals surface area contributed by atoms with E-state index < -0.39 is 0 Å². The highest BCUT2D eigenvalue weighted by Crippen LogP contribution is 2.43. The molecular weight excluding hydrogens is 573 g/mol. The molecule has 3 aromatic heterocycles. The monoisotopic (exact) mass is 598 g/mol. The maximum Gasteiger partial charge on any atom is 0.0992 e. The number of hydrogen-bond donors (Lipinski definition) is 0. The number of fused-ring (bicyclic) bond motifs is 10. The molecule has 218 valence electrons. The average molecular weight is 599 g/mol. The summed E-state index contributed by atoms with van der Waals surface area (Å²) in [5, 5.41) is 17.0. The van der Waals surface area contributed by atoms with Gasteiger partial charge in [-0.1, -0.05) is 84.9 Å². The molecule has 0 N–H and O–H groups in total. The number of para-hydroxylation sites is 4. The Hall–Kier alpha value is -6.57. The summed E-state index contributed by atoms with van der Waals surface area (Å²) in [7, 11) is 0. The van der Waals surface area contributed by atoms with Crippen LogP contribution >= 0.6 is 0 Å². The Morgan fingerprint density at radius 1 is 0.362 bits per heavy atom. The normalized spacial score (nSPS) is 11.8. The standard InChI is InChI=1S/C43H26N4/c44-27-28-19-21-33-34-22-24-40-42(43(34)47(41(33)25-28)30-13-5-2-6-14-30)35-16-8-10-18-38(35)46(40)31-20-23-39-36(26-31)32-15-7-9-17-37(32)45(39)29-11-3-1-4-12-29/h1-26H. The van der Waals surface area contributed by atoms with Gasteiger partial charge >= 0.3 is 0 Å². The lowest BCUT2D eigenvalue weighted by Crippen LogP contribution is -1.96. The topological polar surface area (TPSA) is 38.6 Å². The van der Waals surface area contributed by atoms with Crippen molar-refractivity contribution in [2.24, 2.45) is 0 Å². The predicted molar refractivity (Wildman–Crippen MR) is 194 cm³/mol. The molecule has 0 amide bonds. The first kappa shape index (κ1) is 25.7. The molecule has 7 aromatic carbocycles. The second kappa shape index (κ2) is 9.71. The van der Waals surface area contributed by atoms with E-state index in [-0.39, 0.29) is 0 Å². The SMILES string of the molecule is N#Cc1ccc2c3ccc4c(c5ccccc5n4-c4ccc5c(c4)c4ccccc4n5-c4ccccc4)c3n(-c3ccccc3)c2c1. The molecule has 10 aromatic rings. The molecule has 0 atom stereocenters. The molecule has 0 bridgehead atoms. The van der Waals surface area contributed by atoms with Gasteiger partial charge in [-0.3, -0.25) is 0 Å². The van der Waals surface area contributed by atoms with Crippen LogP contribution in [0.1, 0.15) is 5.56 Å². The Morgan fingerprint density at radius 2 is 0.915 bits per heavy atom. The van der Waals surface area contributed by atoms with Crippen LogP contribution in [0.3, 0.4) is 0 Å². The fourth-order valence-electron chi connectivity index (χ4n) is 7.70. The second-order valence-corrected chi connectivity index (χ2v) is 12.1. The number of aromatic nitrogens is 3. The maximum absolute atomic E-state index is 9.82. The van der Waals surface area contributed by atoms with E-state index in [1.54, 1.807) is 0 Å². The van der Waals surface area contributed by atoms with Crippen LogP contribution in [-0.2, 0) is 0 Å². The van der Waals surface area contributed by atoms with Crippen LogP contribution in [0.25, 0.3) is 82.5 Å². The summed E-state index contributed by atoms with van der Waals surface area (Å²) in [5.41, 5.74) is 10.9. The fraction of sp³-hybridized carbons (Fsp3) is 0. The average Bonchev–Trinajstić information content (AvgIpc) is 3.77. The summed E-state index contributed by atoms with van der Waals surface area (Å²) in [6.07, 6.45) is 0. The van der Waals surface area contributed by atoms with E-state index in [0.717, 1.165) is 44.5 Å². The summed E-state index contributed by atoms with van der Waals surface area (Å²) < 4.78 is 7.10. The zero-order valence-corrected chi connectivity index (χ0v) is 25.3. The number of nitrogens with zero attached hydrogens (tertiary/aromatic N) is 4. The Morgan fingerprint density at radius 3 is 1.66 bits per heavy atom. The molecule has 0 radical (unpaired) electrons. The van der Waals surface area contributed by atoms with Gasteiger partial charge in [0.15, 0.2) is 0 Å². The van der Waals surface area contributed by atoms with Gasteiger partial charge in [0, 0.05) is 49.4 Å². The molecule has 0 spiro atoms. The first-order chi connectivity index (χ1) is 23.3. The Bertz CT molecular complexity index is 2900. The first-order valence-corrected chi connectivity index (χ1v) is 15.8. The number of benzene rings is 7. The van der Waals surface area contributed by atoms with Gasteiger partial charge in [0.1, 0.15) is 0 Å². The van der Waals surface area contributed by atoms with Gasteiger partial charge in [-0.2, -0.15) is 5.26 Å². The third kappa shape index (κ3) is 3.57. The van der Waals surface area contributed by atoms with Gasteiger partial charge in [0.05, 0.1) is 44.7 Å². The molecule has 0 unspecified atom stereocenters. The van der Waals surface area contributed by atoms with Crippen LogP contribution in [0.15, 0.2) is 158 Å². The lowest BCUT2D eigenvalue weighted by atomic mass is 10.1. The van der Waals surface area contributed by atoms with E-state index in [1.165, 1.54) is 38.0 Å². The van der Waals surface area contributed by atoms with Crippen LogP contribution < -0.4 is 0 Å². The highest BCUT2D eigenvalue weighted by Gasteiger charge is 2.22. The third-order valence-corrected chi connectivity index (χ3v) is 9.64. The summed E-state index contributed by atoms with van der Waals surface area (Å²) in [6.45, 7) is 0. The second-order valence-electron chi connectivity index (χ2n) is 12.1. The van der Waals surface area contributed by atoms with E-state index in [0.29, 0.717) is 5.56 Å². The molecule has 4 nitrogen and oxygen atoms in total. The molecule has 0 saturated heterocycles. The molecule has 0 fully saturated rings. The van der Waals surface area contributed by atoms with Crippen molar-refractivity contribution in [3.63, 3.8) is 0 Å². The van der Waals surface area contributed by atoms with Crippen LogP contribution in [-0.4, -0.2) is 13.7 Å². The molecule has 4 heteroatoms. The van der Waals surface area contributed by atoms with Crippen LogP contribution in [0, 0.1) is 11.3 Å². The van der Waals surface area contributed by atoms with Crippen molar-refractivity contribution in [1.29, 1.82) is 5.26 Å². The van der Waals surface area contributed by atoms with Crippen LogP contribution in [0.4, 0.5) is 0 Å². The first-order valence-electron chi connectivity index (χ1n) is 15.8. The van der Waals surface area contributed by atoms with Gasteiger partial charge < -0.3 is 13.7 Å². The highest BCUT2D eigenvalue weighted by atomic mass is 15.0. The van der Waals surface area contributed by atoms with Gasteiger partial charge in [-0.05, 0) is 72.8 Å². The zero-order chi connectivity index (χ0) is 31.1.